The Balaban J connectivity index is 1.89. The van der Waals surface area contributed by atoms with Gasteiger partial charge in [-0.05, 0) is 11.5 Å². The number of carbonyl (C=O) groups excluding carboxylic acids is 2. The number of rotatable bonds is 3. The molecule has 1 aliphatic heterocycles. The summed E-state index contributed by atoms with van der Waals surface area (Å²) in [6, 6.07) is 11.3. The molecule has 1 aromatic heterocycles. The van der Waals surface area contributed by atoms with Crippen molar-refractivity contribution in [1.29, 1.82) is 0 Å². The van der Waals surface area contributed by atoms with Crippen molar-refractivity contribution < 1.29 is 14.1 Å². The first-order valence-corrected chi connectivity index (χ1v) is 8.55. The molecule has 132 valence electrons. The average molecular weight is 341 g/mol. The fourth-order valence-electron chi connectivity index (χ4n) is 3.08. The van der Waals surface area contributed by atoms with Crippen LogP contribution < -0.4 is 0 Å². The minimum atomic E-state index is -0.195. The fraction of sp³-hybridized carbons (Fsp3) is 0.421. The molecule has 0 bridgehead atoms. The summed E-state index contributed by atoms with van der Waals surface area (Å²) in [6.07, 6.45) is 0. The van der Waals surface area contributed by atoms with E-state index in [1.807, 2.05) is 44.2 Å². The van der Waals surface area contributed by atoms with Crippen LogP contribution >= 0.6 is 0 Å². The molecule has 6 nitrogen and oxygen atoms in total. The second-order valence-corrected chi connectivity index (χ2v) is 6.66. The molecule has 1 aliphatic rings. The van der Waals surface area contributed by atoms with E-state index in [-0.39, 0.29) is 29.5 Å². The Morgan fingerprint density at radius 1 is 1.20 bits per heavy atom. The van der Waals surface area contributed by atoms with Crippen molar-refractivity contribution in [2.75, 3.05) is 19.6 Å². The van der Waals surface area contributed by atoms with Crippen LogP contribution in [0.5, 0.6) is 0 Å². The van der Waals surface area contributed by atoms with Gasteiger partial charge in [-0.25, -0.2) is 0 Å². The third-order valence-electron chi connectivity index (χ3n) is 4.60. The normalized spacial score (nSPS) is 17.8. The smallest absolute Gasteiger partial charge is 0.293 e. The fourth-order valence-corrected chi connectivity index (χ4v) is 3.08. The number of benzene rings is 1. The van der Waals surface area contributed by atoms with Crippen molar-refractivity contribution in [3.8, 4) is 0 Å². The van der Waals surface area contributed by atoms with Gasteiger partial charge in [-0.15, -0.1) is 0 Å². The second kappa shape index (κ2) is 7.09. The minimum Gasteiger partial charge on any atom is -0.351 e. The number of piperazine rings is 1. The van der Waals surface area contributed by atoms with Gasteiger partial charge in [-0.2, -0.15) is 0 Å². The van der Waals surface area contributed by atoms with E-state index in [1.165, 1.54) is 0 Å². The van der Waals surface area contributed by atoms with E-state index >= 15 is 0 Å². The number of nitrogens with zero attached hydrogens (tertiary/aromatic N) is 3. The summed E-state index contributed by atoms with van der Waals surface area (Å²) in [5, 5.41) is 3.99. The summed E-state index contributed by atoms with van der Waals surface area (Å²) in [5.74, 6) is 0.289. The van der Waals surface area contributed by atoms with Gasteiger partial charge in [-0.3, -0.25) is 9.59 Å². The van der Waals surface area contributed by atoms with E-state index < -0.39 is 0 Å². The Bertz CT molecular complexity index is 754. The van der Waals surface area contributed by atoms with Crippen LogP contribution in [0.3, 0.4) is 0 Å². The van der Waals surface area contributed by atoms with Gasteiger partial charge in [0, 0.05) is 32.6 Å². The van der Waals surface area contributed by atoms with Crippen LogP contribution in [0.25, 0.3) is 0 Å². The van der Waals surface area contributed by atoms with Crippen molar-refractivity contribution in [1.82, 2.24) is 15.0 Å². The standard InChI is InChI=1S/C19H23N3O3/c1-13(2)16-11-18(25-20-16)19(24)22-10-9-21(14(3)23)12-17(22)15-7-5-4-6-8-15/h4-8,11,13,17H,9-10,12H2,1-3H3. The van der Waals surface area contributed by atoms with Crippen LogP contribution in [0.4, 0.5) is 0 Å². The predicted octanol–water partition coefficient (Wildman–Crippen LogP) is 2.84. The lowest BCUT2D eigenvalue weighted by Crippen LogP contribution is -2.51. The molecule has 1 unspecified atom stereocenters. The summed E-state index contributed by atoms with van der Waals surface area (Å²) >= 11 is 0. The first kappa shape index (κ1) is 17.2. The molecule has 25 heavy (non-hydrogen) atoms. The van der Waals surface area contributed by atoms with Gasteiger partial charge >= 0.3 is 0 Å². The summed E-state index contributed by atoms with van der Waals surface area (Å²) < 4.78 is 5.28. The van der Waals surface area contributed by atoms with E-state index in [1.54, 1.807) is 22.8 Å². The molecule has 0 saturated carbocycles. The predicted molar refractivity (Wildman–Crippen MR) is 93.1 cm³/mol. The molecule has 0 radical (unpaired) electrons. The summed E-state index contributed by atoms with van der Waals surface area (Å²) in [7, 11) is 0. The highest BCUT2D eigenvalue weighted by atomic mass is 16.5. The lowest BCUT2D eigenvalue weighted by Gasteiger charge is -2.41. The zero-order valence-corrected chi connectivity index (χ0v) is 14.8. The molecule has 1 atom stereocenters. The second-order valence-electron chi connectivity index (χ2n) is 6.66. The minimum absolute atomic E-state index is 0.0230. The van der Waals surface area contributed by atoms with E-state index in [0.29, 0.717) is 19.6 Å². The maximum atomic E-state index is 13.0. The number of aromatic nitrogens is 1. The van der Waals surface area contributed by atoms with Crippen molar-refractivity contribution in [2.24, 2.45) is 0 Å². The molecule has 2 heterocycles. The molecular weight excluding hydrogens is 318 g/mol. The van der Waals surface area contributed by atoms with E-state index in [9.17, 15) is 9.59 Å². The van der Waals surface area contributed by atoms with Crippen LogP contribution in [0, 0.1) is 0 Å². The molecule has 2 aromatic rings. The van der Waals surface area contributed by atoms with Gasteiger partial charge in [0.2, 0.25) is 11.7 Å². The van der Waals surface area contributed by atoms with Crippen molar-refractivity contribution in [3.05, 3.63) is 53.4 Å². The van der Waals surface area contributed by atoms with E-state index in [2.05, 4.69) is 5.16 Å². The van der Waals surface area contributed by atoms with Gasteiger partial charge in [0.25, 0.3) is 5.91 Å². The molecule has 6 heteroatoms. The van der Waals surface area contributed by atoms with Gasteiger partial charge in [0.1, 0.15) is 0 Å². The summed E-state index contributed by atoms with van der Waals surface area (Å²) in [6.45, 7) is 7.04. The molecule has 3 rings (SSSR count). The topological polar surface area (TPSA) is 66.7 Å². The largest absolute Gasteiger partial charge is 0.351 e. The van der Waals surface area contributed by atoms with Gasteiger partial charge in [0.15, 0.2) is 0 Å². The molecular formula is C19H23N3O3. The molecule has 0 spiro atoms. The number of hydrogen-bond acceptors (Lipinski definition) is 4. The molecule has 0 N–H and O–H groups in total. The third-order valence-corrected chi connectivity index (χ3v) is 4.60. The van der Waals surface area contributed by atoms with Crippen molar-refractivity contribution >= 4 is 11.8 Å². The summed E-state index contributed by atoms with van der Waals surface area (Å²) in [4.78, 5) is 28.3. The molecule has 0 aliphatic carbocycles. The Kier molecular flexibility index (Phi) is 4.88. The number of amides is 2. The zero-order valence-electron chi connectivity index (χ0n) is 14.8. The monoisotopic (exact) mass is 341 g/mol. The lowest BCUT2D eigenvalue weighted by atomic mass is 10.0. The zero-order chi connectivity index (χ0) is 18.0. The van der Waals surface area contributed by atoms with Crippen LogP contribution in [-0.2, 0) is 4.79 Å². The van der Waals surface area contributed by atoms with Gasteiger partial charge in [0.05, 0.1) is 11.7 Å². The van der Waals surface area contributed by atoms with Crippen LogP contribution in [0.2, 0.25) is 0 Å². The number of carbonyl (C=O) groups is 2. The van der Waals surface area contributed by atoms with Crippen LogP contribution in [-0.4, -0.2) is 46.4 Å². The lowest BCUT2D eigenvalue weighted by molar-refractivity contribution is -0.131. The average Bonchev–Trinajstić information content (AvgIpc) is 3.12. The van der Waals surface area contributed by atoms with Crippen molar-refractivity contribution in [3.63, 3.8) is 0 Å². The third kappa shape index (κ3) is 3.57. The van der Waals surface area contributed by atoms with E-state index in [0.717, 1.165) is 11.3 Å². The Morgan fingerprint density at radius 2 is 1.92 bits per heavy atom. The Morgan fingerprint density at radius 3 is 2.52 bits per heavy atom. The highest BCUT2D eigenvalue weighted by molar-refractivity contribution is 5.92. The maximum Gasteiger partial charge on any atom is 0.293 e. The first-order valence-electron chi connectivity index (χ1n) is 8.55. The highest BCUT2D eigenvalue weighted by Crippen LogP contribution is 2.28. The highest BCUT2D eigenvalue weighted by Gasteiger charge is 2.34. The Labute approximate surface area is 147 Å². The molecule has 2 amide bonds. The molecule has 1 aromatic carbocycles. The quantitative estimate of drug-likeness (QED) is 0.861. The van der Waals surface area contributed by atoms with Gasteiger partial charge < -0.3 is 14.3 Å². The van der Waals surface area contributed by atoms with Crippen LogP contribution in [0.1, 0.15) is 54.5 Å². The Hall–Kier alpha value is -2.63. The van der Waals surface area contributed by atoms with Crippen LogP contribution in [0.15, 0.2) is 40.9 Å². The summed E-state index contributed by atoms with van der Waals surface area (Å²) in [5.41, 5.74) is 1.77. The number of hydrogen-bond donors (Lipinski definition) is 0. The first-order chi connectivity index (χ1) is 12.0. The molecule has 1 fully saturated rings. The van der Waals surface area contributed by atoms with Gasteiger partial charge in [-0.1, -0.05) is 49.3 Å². The molecule has 1 saturated heterocycles. The SMILES string of the molecule is CC(=O)N1CCN(C(=O)c2cc(C(C)C)no2)C(c2ccccc2)C1. The van der Waals surface area contributed by atoms with Crippen molar-refractivity contribution in [2.45, 2.75) is 32.7 Å². The maximum absolute atomic E-state index is 13.0. The van der Waals surface area contributed by atoms with E-state index in [4.69, 9.17) is 4.52 Å².